The highest BCUT2D eigenvalue weighted by Crippen LogP contribution is 2.29. The van der Waals surface area contributed by atoms with Crippen molar-refractivity contribution in [1.82, 2.24) is 0 Å². The summed E-state index contributed by atoms with van der Waals surface area (Å²) in [6.07, 6.45) is 3.76. The molecule has 1 aromatic rings. The summed E-state index contributed by atoms with van der Waals surface area (Å²) in [5.41, 5.74) is 0. The van der Waals surface area contributed by atoms with E-state index < -0.39 is 0 Å². The lowest BCUT2D eigenvalue weighted by Gasteiger charge is -2.07. The molecular weight excluding hydrogens is 192 g/mol. The Labute approximate surface area is 89.5 Å². The number of hydrogen-bond acceptors (Lipinski definition) is 2. The van der Waals surface area contributed by atoms with Crippen LogP contribution in [0.25, 0.3) is 0 Å². The summed E-state index contributed by atoms with van der Waals surface area (Å²) in [5.74, 6) is 0.913. The molecule has 0 spiro atoms. The summed E-state index contributed by atoms with van der Waals surface area (Å²) in [7, 11) is 0. The predicted molar refractivity (Wildman–Crippen MR) is 62.8 cm³/mol. The Morgan fingerprint density at radius 1 is 1.43 bits per heavy atom. The van der Waals surface area contributed by atoms with Crippen LogP contribution in [0.3, 0.4) is 0 Å². The number of allylic oxidation sites excluding steroid dienone is 1. The molecule has 1 nitrogen and oxygen atoms in total. The minimum Gasteiger partial charge on any atom is -0.488 e. The lowest BCUT2D eigenvalue weighted by molar-refractivity contribution is 0.355. The van der Waals surface area contributed by atoms with Crippen LogP contribution in [0, 0.1) is 0 Å². The Kier molecular flexibility index (Phi) is 4.94. The van der Waals surface area contributed by atoms with Crippen LogP contribution in [-0.2, 0) is 0 Å². The first-order valence-electron chi connectivity index (χ1n) is 4.49. The molecule has 14 heavy (non-hydrogen) atoms. The molecule has 0 aliphatic carbocycles. The van der Waals surface area contributed by atoms with E-state index in [0.29, 0.717) is 6.61 Å². The van der Waals surface area contributed by atoms with Crippen LogP contribution in [0.4, 0.5) is 0 Å². The normalized spacial score (nSPS) is 10.4. The van der Waals surface area contributed by atoms with E-state index in [4.69, 9.17) is 4.74 Å². The molecular formula is C12H14OS. The third-order valence-corrected chi connectivity index (χ3v) is 2.54. The first-order chi connectivity index (χ1) is 6.88. The Balaban J connectivity index is 2.74. The van der Waals surface area contributed by atoms with Gasteiger partial charge < -0.3 is 4.74 Å². The zero-order valence-corrected chi connectivity index (χ0v) is 9.09. The molecule has 1 rings (SSSR count). The molecule has 0 bridgehead atoms. The molecule has 2 heteroatoms. The van der Waals surface area contributed by atoms with Gasteiger partial charge >= 0.3 is 0 Å². The van der Waals surface area contributed by atoms with Gasteiger partial charge in [0.15, 0.2) is 0 Å². The molecule has 0 amide bonds. The van der Waals surface area contributed by atoms with Gasteiger partial charge in [-0.1, -0.05) is 42.6 Å². The Hall–Kier alpha value is -1.15. The van der Waals surface area contributed by atoms with Crippen molar-refractivity contribution < 1.29 is 4.74 Å². The van der Waals surface area contributed by atoms with Gasteiger partial charge in [0.2, 0.25) is 0 Å². The number of hydrogen-bond donors (Lipinski definition) is 0. The number of para-hydroxylation sites is 1. The maximum absolute atomic E-state index is 5.51. The van der Waals surface area contributed by atoms with E-state index in [9.17, 15) is 0 Å². The molecule has 0 aromatic heterocycles. The maximum atomic E-state index is 5.51. The van der Waals surface area contributed by atoms with Gasteiger partial charge in [-0.2, -0.15) is 0 Å². The van der Waals surface area contributed by atoms with Gasteiger partial charge in [-0.05, 0) is 24.5 Å². The lowest BCUT2D eigenvalue weighted by Crippen LogP contribution is -1.93. The van der Waals surface area contributed by atoms with Crippen molar-refractivity contribution in [3.63, 3.8) is 0 Å². The topological polar surface area (TPSA) is 9.23 Å². The molecule has 74 valence electrons. The molecule has 0 radical (unpaired) electrons. The monoisotopic (exact) mass is 206 g/mol. The molecule has 0 fully saturated rings. The number of benzene rings is 1. The average Bonchev–Trinajstić information content (AvgIpc) is 2.24. The van der Waals surface area contributed by atoms with Crippen molar-refractivity contribution in [3.05, 3.63) is 48.4 Å². The van der Waals surface area contributed by atoms with Crippen molar-refractivity contribution in [1.29, 1.82) is 0 Å². The fourth-order valence-electron chi connectivity index (χ4n) is 0.957. The van der Waals surface area contributed by atoms with E-state index in [-0.39, 0.29) is 0 Å². The van der Waals surface area contributed by atoms with E-state index in [1.165, 1.54) is 0 Å². The first-order valence-corrected chi connectivity index (χ1v) is 5.37. The van der Waals surface area contributed by atoms with Crippen LogP contribution in [0.15, 0.2) is 53.3 Å². The number of ether oxygens (including phenoxy) is 1. The Morgan fingerprint density at radius 2 is 2.21 bits per heavy atom. The molecule has 0 saturated heterocycles. The largest absolute Gasteiger partial charge is 0.488 e. The first kappa shape index (κ1) is 10.9. The van der Waals surface area contributed by atoms with E-state index in [0.717, 1.165) is 10.6 Å². The van der Waals surface area contributed by atoms with Gasteiger partial charge in [-0.15, -0.1) is 0 Å². The summed E-state index contributed by atoms with van der Waals surface area (Å²) in [6.45, 7) is 6.17. The smallest absolute Gasteiger partial charge is 0.133 e. The third kappa shape index (κ3) is 3.30. The minimum absolute atomic E-state index is 0.549. The average molecular weight is 206 g/mol. The molecule has 0 unspecified atom stereocenters. The highest BCUT2D eigenvalue weighted by atomic mass is 32.2. The van der Waals surface area contributed by atoms with Crippen LogP contribution < -0.4 is 4.74 Å². The van der Waals surface area contributed by atoms with Crippen molar-refractivity contribution in [2.24, 2.45) is 0 Å². The van der Waals surface area contributed by atoms with E-state index in [1.807, 2.05) is 42.7 Å². The molecule has 0 N–H and O–H groups in total. The van der Waals surface area contributed by atoms with E-state index in [1.54, 1.807) is 17.8 Å². The zero-order valence-electron chi connectivity index (χ0n) is 8.27. The van der Waals surface area contributed by atoms with Crippen molar-refractivity contribution >= 4 is 11.8 Å². The Bertz CT molecular complexity index is 318. The molecule has 0 heterocycles. The number of rotatable bonds is 5. The van der Waals surface area contributed by atoms with Crippen LogP contribution in [0.1, 0.15) is 6.92 Å². The molecule has 1 aromatic carbocycles. The third-order valence-electron chi connectivity index (χ3n) is 1.54. The van der Waals surface area contributed by atoms with Crippen LogP contribution in [-0.4, -0.2) is 6.61 Å². The van der Waals surface area contributed by atoms with Gasteiger partial charge in [0.05, 0.1) is 4.90 Å². The molecule has 0 aliphatic heterocycles. The fraction of sp³-hybridized carbons (Fsp3) is 0.167. The summed E-state index contributed by atoms with van der Waals surface area (Å²) >= 11 is 1.66. The standard InChI is InChI=1S/C12H14OS/c1-3-9-13-11-7-5-6-8-12(11)14-10-4-2/h3-8,10H,1,9H2,2H3/b10-4+. The van der Waals surface area contributed by atoms with Gasteiger partial charge in [-0.25, -0.2) is 0 Å². The molecule has 0 saturated carbocycles. The van der Waals surface area contributed by atoms with Gasteiger partial charge in [-0.3, -0.25) is 0 Å². The SMILES string of the molecule is C=CCOc1ccccc1S/C=C/C. The summed E-state index contributed by atoms with van der Waals surface area (Å²) < 4.78 is 5.51. The lowest BCUT2D eigenvalue weighted by atomic mass is 10.3. The van der Waals surface area contributed by atoms with Gasteiger partial charge in [0, 0.05) is 0 Å². The second-order valence-electron chi connectivity index (χ2n) is 2.63. The minimum atomic E-state index is 0.549. The van der Waals surface area contributed by atoms with E-state index in [2.05, 4.69) is 6.58 Å². The van der Waals surface area contributed by atoms with Crippen LogP contribution in [0.5, 0.6) is 5.75 Å². The predicted octanol–water partition coefficient (Wildman–Crippen LogP) is 3.88. The second kappa shape index (κ2) is 6.33. The quantitative estimate of drug-likeness (QED) is 0.534. The molecule has 0 atom stereocenters. The fourth-order valence-corrected chi connectivity index (χ4v) is 1.64. The van der Waals surface area contributed by atoms with Crippen LogP contribution >= 0.6 is 11.8 Å². The van der Waals surface area contributed by atoms with E-state index >= 15 is 0 Å². The van der Waals surface area contributed by atoms with Crippen molar-refractivity contribution in [3.8, 4) is 5.75 Å². The second-order valence-corrected chi connectivity index (χ2v) is 3.58. The maximum Gasteiger partial charge on any atom is 0.133 e. The summed E-state index contributed by atoms with van der Waals surface area (Å²) in [6, 6.07) is 7.99. The number of thioether (sulfide) groups is 1. The van der Waals surface area contributed by atoms with Crippen LogP contribution in [0.2, 0.25) is 0 Å². The van der Waals surface area contributed by atoms with Gasteiger partial charge in [0.1, 0.15) is 12.4 Å². The van der Waals surface area contributed by atoms with Crippen molar-refractivity contribution in [2.75, 3.05) is 6.61 Å². The summed E-state index contributed by atoms with van der Waals surface area (Å²) in [5, 5.41) is 2.04. The van der Waals surface area contributed by atoms with Crippen molar-refractivity contribution in [2.45, 2.75) is 11.8 Å². The van der Waals surface area contributed by atoms with Gasteiger partial charge in [0.25, 0.3) is 0 Å². The zero-order chi connectivity index (χ0) is 10.2. The summed E-state index contributed by atoms with van der Waals surface area (Å²) in [4.78, 5) is 1.13. The Morgan fingerprint density at radius 3 is 2.93 bits per heavy atom. The highest BCUT2D eigenvalue weighted by Gasteiger charge is 1.99. The molecule has 0 aliphatic rings. The highest BCUT2D eigenvalue weighted by molar-refractivity contribution is 8.02.